The van der Waals surface area contributed by atoms with Crippen molar-refractivity contribution in [3.8, 4) is 0 Å². The average molecular weight is 163 g/mol. The maximum absolute atomic E-state index is 4.33. The Balaban J connectivity index is 2.18. The quantitative estimate of drug-likeness (QED) is 0.568. The standard InChI is InChI=1S/C10H15N2/c1-2-3-5-8-11-10-7-4-6-9-12-10/h4,6-7,9H,2-3,5,8H2,1H3. The van der Waals surface area contributed by atoms with Crippen LogP contribution in [0.3, 0.4) is 0 Å². The zero-order valence-electron chi connectivity index (χ0n) is 7.53. The molecule has 0 atom stereocenters. The zero-order valence-corrected chi connectivity index (χ0v) is 7.53. The topological polar surface area (TPSA) is 26.5 Å². The number of hydrogen-bond acceptors (Lipinski definition) is 1. The molecular weight excluding hydrogens is 148 g/mol. The summed E-state index contributed by atoms with van der Waals surface area (Å²) in [7, 11) is 0. The summed E-state index contributed by atoms with van der Waals surface area (Å²) in [6.45, 7) is 3.10. The van der Waals surface area contributed by atoms with Crippen molar-refractivity contribution in [3.05, 3.63) is 24.4 Å². The van der Waals surface area contributed by atoms with Gasteiger partial charge in [-0.1, -0.05) is 25.8 Å². The molecule has 0 aromatic heterocycles. The van der Waals surface area contributed by atoms with Crippen molar-refractivity contribution in [2.24, 2.45) is 4.99 Å². The highest BCUT2D eigenvalue weighted by atomic mass is 15.0. The predicted octanol–water partition coefficient (Wildman–Crippen LogP) is 2.26. The van der Waals surface area contributed by atoms with Crippen LogP contribution in [0.25, 0.3) is 0 Å². The number of rotatable bonds is 4. The van der Waals surface area contributed by atoms with Gasteiger partial charge in [0.15, 0.2) is 0 Å². The average Bonchev–Trinajstić information content (AvgIpc) is 2.14. The van der Waals surface area contributed by atoms with E-state index in [1.54, 1.807) is 6.20 Å². The maximum Gasteiger partial charge on any atom is 0.147 e. The van der Waals surface area contributed by atoms with Gasteiger partial charge in [0.05, 0.1) is 0 Å². The second-order valence-electron chi connectivity index (χ2n) is 2.78. The summed E-state index contributed by atoms with van der Waals surface area (Å²) in [6, 6.07) is 0. The fourth-order valence-electron chi connectivity index (χ4n) is 1.00. The van der Waals surface area contributed by atoms with Gasteiger partial charge in [-0.05, 0) is 18.6 Å². The third kappa shape index (κ3) is 3.37. The van der Waals surface area contributed by atoms with E-state index in [1.807, 2.05) is 18.2 Å². The second-order valence-corrected chi connectivity index (χ2v) is 2.78. The van der Waals surface area contributed by atoms with Crippen molar-refractivity contribution in [3.63, 3.8) is 0 Å². The van der Waals surface area contributed by atoms with E-state index < -0.39 is 0 Å². The van der Waals surface area contributed by atoms with Gasteiger partial charge in [0.1, 0.15) is 5.84 Å². The molecule has 0 amide bonds. The second kappa shape index (κ2) is 5.58. The fourth-order valence-corrected chi connectivity index (χ4v) is 1.00. The summed E-state index contributed by atoms with van der Waals surface area (Å²) < 4.78 is 0. The third-order valence-electron chi connectivity index (χ3n) is 1.68. The number of unbranched alkanes of at least 4 members (excludes halogenated alkanes) is 2. The van der Waals surface area contributed by atoms with Gasteiger partial charge in [0.2, 0.25) is 0 Å². The molecule has 0 N–H and O–H groups in total. The summed E-state index contributed by atoms with van der Waals surface area (Å²) in [5.74, 6) is 0.855. The Morgan fingerprint density at radius 3 is 2.92 bits per heavy atom. The van der Waals surface area contributed by atoms with Gasteiger partial charge in [0.25, 0.3) is 0 Å². The van der Waals surface area contributed by atoms with Gasteiger partial charge in [-0.25, -0.2) is 5.32 Å². The minimum atomic E-state index is 0.855. The largest absolute Gasteiger partial charge is 0.267 e. The Kier molecular flexibility index (Phi) is 4.21. The van der Waals surface area contributed by atoms with E-state index in [0.29, 0.717) is 0 Å². The zero-order chi connectivity index (χ0) is 8.65. The summed E-state index contributed by atoms with van der Waals surface area (Å²) in [5.41, 5.74) is 0. The van der Waals surface area contributed by atoms with Crippen LogP contribution < -0.4 is 5.32 Å². The molecule has 0 aromatic carbocycles. The Hall–Kier alpha value is -1.05. The Labute approximate surface area is 74.1 Å². The van der Waals surface area contributed by atoms with Crippen LogP contribution in [0.2, 0.25) is 0 Å². The smallest absolute Gasteiger partial charge is 0.147 e. The van der Waals surface area contributed by atoms with E-state index in [1.165, 1.54) is 19.3 Å². The van der Waals surface area contributed by atoms with Crippen LogP contribution >= 0.6 is 0 Å². The first-order valence-electron chi connectivity index (χ1n) is 4.52. The molecular formula is C10H15N2. The minimum Gasteiger partial charge on any atom is -0.267 e. The molecule has 0 aliphatic carbocycles. The molecule has 2 nitrogen and oxygen atoms in total. The van der Waals surface area contributed by atoms with E-state index in [-0.39, 0.29) is 0 Å². The first-order chi connectivity index (χ1) is 5.93. The molecule has 2 heteroatoms. The molecule has 1 radical (unpaired) electrons. The SMILES string of the molecule is CCCCCN=C1C=CC=C[N]1. The van der Waals surface area contributed by atoms with E-state index >= 15 is 0 Å². The first-order valence-corrected chi connectivity index (χ1v) is 4.52. The van der Waals surface area contributed by atoms with Crippen LogP contribution in [-0.2, 0) is 0 Å². The number of aliphatic imine (C=N–C) groups is 1. The molecule has 0 fully saturated rings. The van der Waals surface area contributed by atoms with Gasteiger partial charge in [0, 0.05) is 12.7 Å². The molecule has 0 aromatic rings. The van der Waals surface area contributed by atoms with Gasteiger partial charge in [-0.3, -0.25) is 4.99 Å². The maximum atomic E-state index is 4.33. The molecule has 12 heavy (non-hydrogen) atoms. The van der Waals surface area contributed by atoms with Crippen LogP contribution in [0, 0.1) is 0 Å². The monoisotopic (exact) mass is 163 g/mol. The lowest BCUT2D eigenvalue weighted by Gasteiger charge is -2.00. The molecule has 0 spiro atoms. The number of hydrogen-bond donors (Lipinski definition) is 0. The fraction of sp³-hybridized carbons (Fsp3) is 0.500. The van der Waals surface area contributed by atoms with Crippen molar-refractivity contribution in [1.82, 2.24) is 5.32 Å². The lowest BCUT2D eigenvalue weighted by molar-refractivity contribution is 0.727. The van der Waals surface area contributed by atoms with Crippen LogP contribution in [-0.4, -0.2) is 12.4 Å². The van der Waals surface area contributed by atoms with Crippen LogP contribution in [0.1, 0.15) is 26.2 Å². The molecule has 0 bridgehead atoms. The van der Waals surface area contributed by atoms with Gasteiger partial charge in [-0.15, -0.1) is 0 Å². The van der Waals surface area contributed by atoms with E-state index in [0.717, 1.165) is 12.4 Å². The molecule has 1 rings (SSSR count). The van der Waals surface area contributed by atoms with Crippen molar-refractivity contribution >= 4 is 5.84 Å². The molecule has 1 aliphatic rings. The highest BCUT2D eigenvalue weighted by Crippen LogP contribution is 1.96. The molecule has 1 heterocycles. The van der Waals surface area contributed by atoms with Crippen LogP contribution in [0.4, 0.5) is 0 Å². The van der Waals surface area contributed by atoms with Gasteiger partial charge < -0.3 is 0 Å². The molecule has 0 saturated heterocycles. The first kappa shape index (κ1) is 9.04. The summed E-state index contributed by atoms with van der Waals surface area (Å²) in [4.78, 5) is 4.33. The normalized spacial score (nSPS) is 18.2. The lowest BCUT2D eigenvalue weighted by Crippen LogP contribution is -2.09. The highest BCUT2D eigenvalue weighted by Gasteiger charge is 1.94. The number of amidine groups is 1. The van der Waals surface area contributed by atoms with E-state index in [2.05, 4.69) is 17.2 Å². The molecule has 1 aliphatic heterocycles. The van der Waals surface area contributed by atoms with Crippen molar-refractivity contribution in [2.45, 2.75) is 26.2 Å². The summed E-state index contributed by atoms with van der Waals surface area (Å²) in [5, 5.41) is 4.11. The van der Waals surface area contributed by atoms with Gasteiger partial charge >= 0.3 is 0 Å². The minimum absolute atomic E-state index is 0.855. The van der Waals surface area contributed by atoms with Crippen molar-refractivity contribution in [2.75, 3.05) is 6.54 Å². The molecule has 0 unspecified atom stereocenters. The Morgan fingerprint density at radius 2 is 2.25 bits per heavy atom. The Morgan fingerprint density at radius 1 is 1.33 bits per heavy atom. The van der Waals surface area contributed by atoms with Crippen molar-refractivity contribution in [1.29, 1.82) is 0 Å². The number of nitrogens with zero attached hydrogens (tertiary/aromatic N) is 2. The number of allylic oxidation sites excluding steroid dienone is 2. The summed E-state index contributed by atoms with van der Waals surface area (Å²) >= 11 is 0. The van der Waals surface area contributed by atoms with E-state index in [4.69, 9.17) is 0 Å². The lowest BCUT2D eigenvalue weighted by atomic mass is 10.2. The van der Waals surface area contributed by atoms with Gasteiger partial charge in [-0.2, -0.15) is 0 Å². The Bertz CT molecular complexity index is 202. The summed E-state index contributed by atoms with van der Waals surface area (Å²) in [6.07, 6.45) is 11.3. The third-order valence-corrected chi connectivity index (χ3v) is 1.68. The highest BCUT2D eigenvalue weighted by molar-refractivity contribution is 5.94. The van der Waals surface area contributed by atoms with E-state index in [9.17, 15) is 0 Å². The van der Waals surface area contributed by atoms with Crippen LogP contribution in [0.5, 0.6) is 0 Å². The predicted molar refractivity (Wildman–Crippen MR) is 52.2 cm³/mol. The van der Waals surface area contributed by atoms with Crippen molar-refractivity contribution < 1.29 is 0 Å². The molecule has 0 saturated carbocycles. The van der Waals surface area contributed by atoms with Crippen LogP contribution in [0.15, 0.2) is 29.4 Å². The molecule has 65 valence electrons.